The van der Waals surface area contributed by atoms with Crippen molar-refractivity contribution in [2.45, 2.75) is 45.3 Å². The zero-order valence-corrected chi connectivity index (χ0v) is 9.66. The standard InChI is InChI=1S/C11H24N2O/c1-11(2,7-12)8-13(3)9-5-4-6-10(9)14/h9-10,14H,4-8,12H2,1-3H3. The number of hydrogen-bond donors (Lipinski definition) is 2. The van der Waals surface area contributed by atoms with Crippen LogP contribution in [0.2, 0.25) is 0 Å². The number of rotatable bonds is 4. The maximum absolute atomic E-state index is 9.76. The molecule has 0 spiro atoms. The second kappa shape index (κ2) is 4.60. The first kappa shape index (κ1) is 12.0. The van der Waals surface area contributed by atoms with Gasteiger partial charge in [0.05, 0.1) is 6.10 Å². The van der Waals surface area contributed by atoms with Crippen LogP contribution in [0.15, 0.2) is 0 Å². The fourth-order valence-electron chi connectivity index (χ4n) is 2.29. The number of nitrogens with two attached hydrogens (primary N) is 1. The summed E-state index contributed by atoms with van der Waals surface area (Å²) in [7, 11) is 2.09. The average molecular weight is 200 g/mol. The molecule has 1 aliphatic rings. The van der Waals surface area contributed by atoms with Gasteiger partial charge in [0.15, 0.2) is 0 Å². The summed E-state index contributed by atoms with van der Waals surface area (Å²) in [5, 5.41) is 9.76. The summed E-state index contributed by atoms with van der Waals surface area (Å²) < 4.78 is 0. The molecule has 1 fully saturated rings. The van der Waals surface area contributed by atoms with Gasteiger partial charge in [-0.05, 0) is 38.3 Å². The van der Waals surface area contributed by atoms with E-state index in [1.165, 1.54) is 0 Å². The molecule has 0 saturated heterocycles. The van der Waals surface area contributed by atoms with E-state index in [9.17, 15) is 5.11 Å². The molecule has 0 aromatic heterocycles. The quantitative estimate of drug-likeness (QED) is 0.706. The molecule has 3 nitrogen and oxygen atoms in total. The molecule has 0 aromatic carbocycles. The lowest BCUT2D eigenvalue weighted by Gasteiger charge is -2.34. The Morgan fingerprint density at radius 1 is 1.43 bits per heavy atom. The van der Waals surface area contributed by atoms with Crippen LogP contribution in [0, 0.1) is 5.41 Å². The van der Waals surface area contributed by atoms with Crippen molar-refractivity contribution in [3.63, 3.8) is 0 Å². The molecule has 1 aliphatic carbocycles. The monoisotopic (exact) mass is 200 g/mol. The molecule has 0 aromatic rings. The second-order valence-corrected chi connectivity index (χ2v) is 5.35. The summed E-state index contributed by atoms with van der Waals surface area (Å²) in [5.41, 5.74) is 5.85. The van der Waals surface area contributed by atoms with Crippen molar-refractivity contribution in [3.8, 4) is 0 Å². The second-order valence-electron chi connectivity index (χ2n) is 5.35. The third-order valence-electron chi connectivity index (χ3n) is 3.24. The van der Waals surface area contributed by atoms with Crippen molar-refractivity contribution >= 4 is 0 Å². The largest absolute Gasteiger partial charge is 0.391 e. The summed E-state index contributed by atoms with van der Waals surface area (Å²) >= 11 is 0. The molecule has 3 N–H and O–H groups in total. The predicted octanol–water partition coefficient (Wildman–Crippen LogP) is 0.816. The lowest BCUT2D eigenvalue weighted by Crippen LogP contribution is -2.44. The van der Waals surface area contributed by atoms with Gasteiger partial charge in [0.1, 0.15) is 0 Å². The Balaban J connectivity index is 2.45. The lowest BCUT2D eigenvalue weighted by molar-refractivity contribution is 0.0659. The Bertz CT molecular complexity index is 182. The van der Waals surface area contributed by atoms with E-state index >= 15 is 0 Å². The van der Waals surface area contributed by atoms with Gasteiger partial charge < -0.3 is 15.7 Å². The van der Waals surface area contributed by atoms with Crippen LogP contribution in [-0.2, 0) is 0 Å². The smallest absolute Gasteiger partial charge is 0.0695 e. The molecular formula is C11H24N2O. The first-order chi connectivity index (χ1) is 6.46. The molecule has 14 heavy (non-hydrogen) atoms. The first-order valence-corrected chi connectivity index (χ1v) is 5.55. The van der Waals surface area contributed by atoms with Crippen LogP contribution < -0.4 is 5.73 Å². The van der Waals surface area contributed by atoms with E-state index in [2.05, 4.69) is 25.8 Å². The molecule has 2 atom stereocenters. The highest BCUT2D eigenvalue weighted by Gasteiger charge is 2.31. The van der Waals surface area contributed by atoms with Crippen molar-refractivity contribution < 1.29 is 5.11 Å². The van der Waals surface area contributed by atoms with Gasteiger partial charge in [-0.1, -0.05) is 13.8 Å². The summed E-state index contributed by atoms with van der Waals surface area (Å²) in [6, 6.07) is 0.348. The van der Waals surface area contributed by atoms with E-state index < -0.39 is 0 Å². The van der Waals surface area contributed by atoms with E-state index in [4.69, 9.17) is 5.73 Å². The molecule has 0 bridgehead atoms. The Hall–Kier alpha value is -0.120. The minimum absolute atomic E-state index is 0.131. The van der Waals surface area contributed by atoms with Gasteiger partial charge in [-0.3, -0.25) is 0 Å². The topological polar surface area (TPSA) is 49.5 Å². The lowest BCUT2D eigenvalue weighted by atomic mass is 9.92. The summed E-state index contributed by atoms with van der Waals surface area (Å²) in [4.78, 5) is 2.27. The van der Waals surface area contributed by atoms with Crippen LogP contribution in [0.3, 0.4) is 0 Å². The molecular weight excluding hydrogens is 176 g/mol. The van der Waals surface area contributed by atoms with Crippen LogP contribution in [0.5, 0.6) is 0 Å². The Labute approximate surface area is 87.3 Å². The Kier molecular flexibility index (Phi) is 3.93. The van der Waals surface area contributed by atoms with Gasteiger partial charge in [0.2, 0.25) is 0 Å². The van der Waals surface area contributed by atoms with Gasteiger partial charge in [0, 0.05) is 12.6 Å². The zero-order valence-electron chi connectivity index (χ0n) is 9.66. The zero-order chi connectivity index (χ0) is 10.8. The van der Waals surface area contributed by atoms with Crippen molar-refractivity contribution in [2.75, 3.05) is 20.1 Å². The van der Waals surface area contributed by atoms with Gasteiger partial charge >= 0.3 is 0 Å². The summed E-state index contributed by atoms with van der Waals surface area (Å²) in [6.07, 6.45) is 3.10. The molecule has 3 heteroatoms. The highest BCUT2D eigenvalue weighted by atomic mass is 16.3. The minimum Gasteiger partial charge on any atom is -0.391 e. The average Bonchev–Trinajstić information content (AvgIpc) is 2.51. The van der Waals surface area contributed by atoms with Crippen molar-refractivity contribution in [3.05, 3.63) is 0 Å². The molecule has 1 saturated carbocycles. The van der Waals surface area contributed by atoms with E-state index in [1.807, 2.05) is 0 Å². The van der Waals surface area contributed by atoms with E-state index in [1.54, 1.807) is 0 Å². The Morgan fingerprint density at radius 2 is 2.07 bits per heavy atom. The maximum atomic E-state index is 9.76. The fourth-order valence-corrected chi connectivity index (χ4v) is 2.29. The van der Waals surface area contributed by atoms with Crippen molar-refractivity contribution in [1.82, 2.24) is 4.90 Å². The van der Waals surface area contributed by atoms with Crippen LogP contribution in [0.4, 0.5) is 0 Å². The first-order valence-electron chi connectivity index (χ1n) is 5.55. The van der Waals surface area contributed by atoms with Gasteiger partial charge in [-0.15, -0.1) is 0 Å². The number of aliphatic hydroxyl groups is 1. The third-order valence-corrected chi connectivity index (χ3v) is 3.24. The molecule has 2 unspecified atom stereocenters. The van der Waals surface area contributed by atoms with Crippen LogP contribution >= 0.6 is 0 Å². The third kappa shape index (κ3) is 2.94. The molecule has 0 heterocycles. The summed E-state index contributed by atoms with van der Waals surface area (Å²) in [5.74, 6) is 0. The number of hydrogen-bond acceptors (Lipinski definition) is 3. The number of aliphatic hydroxyl groups excluding tert-OH is 1. The van der Waals surface area contributed by atoms with Gasteiger partial charge in [0.25, 0.3) is 0 Å². The highest BCUT2D eigenvalue weighted by molar-refractivity contribution is 4.86. The van der Waals surface area contributed by atoms with E-state index in [0.29, 0.717) is 12.6 Å². The van der Waals surface area contributed by atoms with Crippen molar-refractivity contribution in [2.24, 2.45) is 11.1 Å². The van der Waals surface area contributed by atoms with Crippen LogP contribution in [0.25, 0.3) is 0 Å². The molecule has 0 aliphatic heterocycles. The van der Waals surface area contributed by atoms with Crippen LogP contribution in [0.1, 0.15) is 33.1 Å². The highest BCUT2D eigenvalue weighted by Crippen LogP contribution is 2.25. The van der Waals surface area contributed by atoms with E-state index in [-0.39, 0.29) is 11.5 Å². The van der Waals surface area contributed by atoms with E-state index in [0.717, 1.165) is 25.8 Å². The van der Waals surface area contributed by atoms with Gasteiger partial charge in [-0.25, -0.2) is 0 Å². The number of nitrogens with zero attached hydrogens (tertiary/aromatic N) is 1. The van der Waals surface area contributed by atoms with Gasteiger partial charge in [-0.2, -0.15) is 0 Å². The molecule has 0 amide bonds. The molecule has 0 radical (unpaired) electrons. The molecule has 84 valence electrons. The SMILES string of the molecule is CN(CC(C)(C)CN)C1CCCC1O. The summed E-state index contributed by atoms with van der Waals surface area (Å²) in [6.45, 7) is 6.00. The minimum atomic E-state index is -0.131. The van der Waals surface area contributed by atoms with Crippen LogP contribution in [-0.4, -0.2) is 42.3 Å². The Morgan fingerprint density at radius 3 is 2.50 bits per heavy atom. The normalized spacial score (nSPS) is 28.7. The molecule has 1 rings (SSSR count). The fraction of sp³-hybridized carbons (Fsp3) is 1.00. The predicted molar refractivity (Wildman–Crippen MR) is 59.1 cm³/mol. The number of likely N-dealkylation sites (N-methyl/N-ethyl adjacent to an activating group) is 1. The maximum Gasteiger partial charge on any atom is 0.0695 e. The van der Waals surface area contributed by atoms with Crippen molar-refractivity contribution in [1.29, 1.82) is 0 Å².